The van der Waals surface area contributed by atoms with E-state index < -0.39 is 0 Å². The molecule has 9 nitrogen and oxygen atoms in total. The van der Waals surface area contributed by atoms with E-state index in [1.807, 2.05) is 0 Å². The molecule has 94 valence electrons. The summed E-state index contributed by atoms with van der Waals surface area (Å²) >= 11 is 0. The molecule has 0 atom stereocenters. The first kappa shape index (κ1) is 11.5. The Morgan fingerprint density at radius 3 is 1.83 bits per heavy atom. The van der Waals surface area contributed by atoms with E-state index in [1.165, 1.54) is 0 Å². The van der Waals surface area contributed by atoms with E-state index in [4.69, 9.17) is 22.9 Å². The van der Waals surface area contributed by atoms with Crippen molar-refractivity contribution in [1.29, 1.82) is 0 Å². The van der Waals surface area contributed by atoms with E-state index in [0.29, 0.717) is 17.1 Å². The number of rotatable bonds is 3. The van der Waals surface area contributed by atoms with Crippen LogP contribution in [0.2, 0.25) is 0 Å². The first-order valence-electron chi connectivity index (χ1n) is 4.98. The van der Waals surface area contributed by atoms with E-state index in [2.05, 4.69) is 25.8 Å². The van der Waals surface area contributed by atoms with Crippen LogP contribution in [0.5, 0.6) is 0 Å². The Hall–Kier alpha value is -2.97. The van der Waals surface area contributed by atoms with Crippen LogP contribution in [-0.2, 0) is 0 Å². The summed E-state index contributed by atoms with van der Waals surface area (Å²) in [5, 5.41) is 0. The van der Waals surface area contributed by atoms with Gasteiger partial charge in [-0.15, -0.1) is 0 Å². The van der Waals surface area contributed by atoms with Crippen LogP contribution in [0.25, 0.3) is 0 Å². The second kappa shape index (κ2) is 4.49. The molecule has 2 rings (SSSR count). The quantitative estimate of drug-likeness (QED) is 0.313. The number of aromatic nitrogens is 3. The highest BCUT2D eigenvalue weighted by Gasteiger charge is 2.01. The Bertz CT molecular complexity index is 476. The Labute approximate surface area is 103 Å². The molecule has 0 saturated heterocycles. The minimum Gasteiger partial charge on any atom is -0.399 e. The maximum Gasteiger partial charge on any atom is 0.248 e. The molecule has 1 aromatic carbocycles. The van der Waals surface area contributed by atoms with Gasteiger partial charge in [0.1, 0.15) is 0 Å². The number of nitrogens with zero attached hydrogens (tertiary/aromatic N) is 3. The zero-order valence-corrected chi connectivity index (χ0v) is 9.38. The van der Waals surface area contributed by atoms with Gasteiger partial charge in [-0.25, -0.2) is 0 Å². The number of nitrogens with two attached hydrogens (primary N) is 4. The van der Waals surface area contributed by atoms with Crippen molar-refractivity contribution in [3.05, 3.63) is 18.2 Å². The Morgan fingerprint density at radius 2 is 1.28 bits per heavy atom. The van der Waals surface area contributed by atoms with Crippen LogP contribution in [0, 0.1) is 0 Å². The third kappa shape index (κ3) is 2.78. The summed E-state index contributed by atoms with van der Waals surface area (Å²) < 4.78 is 0. The predicted molar refractivity (Wildman–Crippen MR) is 71.2 cm³/mol. The van der Waals surface area contributed by atoms with Crippen molar-refractivity contribution in [2.45, 2.75) is 0 Å². The molecular formula is C9H13N9. The lowest BCUT2D eigenvalue weighted by molar-refractivity contribution is 1.07. The SMILES string of the molecule is Nc1cc(N)cc(NNc2nc(N)nc(N)n2)c1. The number of nitrogens with one attached hydrogen (secondary N) is 2. The fourth-order valence-corrected chi connectivity index (χ4v) is 1.34. The summed E-state index contributed by atoms with van der Waals surface area (Å²) in [7, 11) is 0. The van der Waals surface area contributed by atoms with Gasteiger partial charge in [0.15, 0.2) is 0 Å². The number of anilines is 6. The molecule has 10 N–H and O–H groups in total. The topological polar surface area (TPSA) is 167 Å². The van der Waals surface area contributed by atoms with Crippen molar-refractivity contribution in [3.8, 4) is 0 Å². The van der Waals surface area contributed by atoms with E-state index in [9.17, 15) is 0 Å². The molecule has 0 aliphatic rings. The molecule has 0 amide bonds. The molecular weight excluding hydrogens is 234 g/mol. The Morgan fingerprint density at radius 1 is 0.722 bits per heavy atom. The Balaban J connectivity index is 2.11. The van der Waals surface area contributed by atoms with Gasteiger partial charge < -0.3 is 22.9 Å². The maximum atomic E-state index is 5.65. The fourth-order valence-electron chi connectivity index (χ4n) is 1.34. The van der Waals surface area contributed by atoms with Gasteiger partial charge >= 0.3 is 0 Å². The molecule has 0 radical (unpaired) electrons. The highest BCUT2D eigenvalue weighted by atomic mass is 15.4. The molecule has 0 bridgehead atoms. The first-order valence-corrected chi connectivity index (χ1v) is 4.98. The lowest BCUT2D eigenvalue weighted by atomic mass is 10.2. The van der Waals surface area contributed by atoms with E-state index in [1.54, 1.807) is 18.2 Å². The monoisotopic (exact) mass is 247 g/mol. The van der Waals surface area contributed by atoms with Crippen LogP contribution in [0.4, 0.5) is 34.9 Å². The van der Waals surface area contributed by atoms with Crippen LogP contribution in [0.3, 0.4) is 0 Å². The van der Waals surface area contributed by atoms with Crippen LogP contribution >= 0.6 is 0 Å². The summed E-state index contributed by atoms with van der Waals surface area (Å²) in [5.74, 6) is 0.249. The molecule has 0 fully saturated rings. The van der Waals surface area contributed by atoms with Crippen LogP contribution in [0.15, 0.2) is 18.2 Å². The summed E-state index contributed by atoms with van der Waals surface area (Å²) in [5.41, 5.74) is 29.4. The van der Waals surface area contributed by atoms with Crippen molar-refractivity contribution in [3.63, 3.8) is 0 Å². The van der Waals surface area contributed by atoms with Crippen molar-refractivity contribution >= 4 is 34.9 Å². The highest BCUT2D eigenvalue weighted by Crippen LogP contribution is 2.18. The van der Waals surface area contributed by atoms with Gasteiger partial charge in [-0.05, 0) is 18.2 Å². The molecule has 0 saturated carbocycles. The van der Waals surface area contributed by atoms with Crippen LogP contribution in [-0.4, -0.2) is 15.0 Å². The van der Waals surface area contributed by atoms with Crippen LogP contribution < -0.4 is 33.8 Å². The van der Waals surface area contributed by atoms with Crippen molar-refractivity contribution in [2.75, 3.05) is 33.8 Å². The predicted octanol–water partition coefficient (Wildman–Crippen LogP) is -0.361. The van der Waals surface area contributed by atoms with Gasteiger partial charge in [0, 0.05) is 11.4 Å². The second-order valence-electron chi connectivity index (χ2n) is 3.51. The maximum absolute atomic E-state index is 5.65. The van der Waals surface area contributed by atoms with Crippen molar-refractivity contribution < 1.29 is 0 Å². The summed E-state index contributed by atoms with van der Waals surface area (Å²) in [6, 6.07) is 5.03. The standard InChI is InChI=1S/C9H13N9/c10-4-1-5(11)3-6(2-4)17-18-9-15-7(12)14-8(13)16-9/h1-3,17H,10-11H2,(H5,12,13,14,15,16,18). The number of hydrogen-bond donors (Lipinski definition) is 6. The van der Waals surface area contributed by atoms with Gasteiger partial charge in [-0.2, -0.15) is 15.0 Å². The minimum atomic E-state index is 0.0267. The highest BCUT2D eigenvalue weighted by molar-refractivity contribution is 5.64. The first-order chi connectivity index (χ1) is 8.52. The fraction of sp³-hybridized carbons (Fsp3) is 0. The lowest BCUT2D eigenvalue weighted by Gasteiger charge is -2.10. The van der Waals surface area contributed by atoms with Gasteiger partial charge in [0.05, 0.1) is 5.69 Å². The zero-order valence-electron chi connectivity index (χ0n) is 9.38. The minimum absolute atomic E-state index is 0.0267. The number of benzene rings is 1. The summed E-state index contributed by atoms with van der Waals surface area (Å²) in [4.78, 5) is 11.3. The third-order valence-electron chi connectivity index (χ3n) is 1.97. The molecule has 18 heavy (non-hydrogen) atoms. The van der Waals surface area contributed by atoms with Gasteiger partial charge in [0.2, 0.25) is 17.8 Å². The second-order valence-corrected chi connectivity index (χ2v) is 3.51. The molecule has 0 aliphatic heterocycles. The average molecular weight is 247 g/mol. The molecule has 0 aliphatic carbocycles. The largest absolute Gasteiger partial charge is 0.399 e. The van der Waals surface area contributed by atoms with Gasteiger partial charge in [-0.3, -0.25) is 10.9 Å². The molecule has 2 aromatic rings. The summed E-state index contributed by atoms with van der Waals surface area (Å²) in [6.45, 7) is 0. The molecule has 9 heteroatoms. The Kier molecular flexibility index (Phi) is 2.87. The average Bonchev–Trinajstić information content (AvgIpc) is 2.23. The molecule has 0 spiro atoms. The van der Waals surface area contributed by atoms with E-state index in [0.717, 1.165) is 0 Å². The van der Waals surface area contributed by atoms with Gasteiger partial charge in [0.25, 0.3) is 0 Å². The number of hydrazine groups is 1. The normalized spacial score (nSPS) is 10.0. The summed E-state index contributed by atoms with van der Waals surface area (Å²) in [6.07, 6.45) is 0. The van der Waals surface area contributed by atoms with Gasteiger partial charge in [-0.1, -0.05) is 0 Å². The van der Waals surface area contributed by atoms with E-state index >= 15 is 0 Å². The van der Waals surface area contributed by atoms with E-state index in [-0.39, 0.29) is 17.8 Å². The number of nitrogen functional groups attached to an aromatic ring is 4. The zero-order chi connectivity index (χ0) is 13.1. The molecule has 0 unspecified atom stereocenters. The number of hydrogen-bond acceptors (Lipinski definition) is 9. The van der Waals surface area contributed by atoms with Crippen molar-refractivity contribution in [2.24, 2.45) is 0 Å². The molecule has 1 heterocycles. The smallest absolute Gasteiger partial charge is 0.248 e. The van der Waals surface area contributed by atoms with Crippen LogP contribution in [0.1, 0.15) is 0 Å². The third-order valence-corrected chi connectivity index (χ3v) is 1.97. The lowest BCUT2D eigenvalue weighted by Crippen LogP contribution is -2.14. The molecule has 1 aromatic heterocycles. The van der Waals surface area contributed by atoms with Crippen molar-refractivity contribution in [1.82, 2.24) is 15.0 Å².